The Hall–Kier alpha value is -3.43. The zero-order valence-corrected chi connectivity index (χ0v) is 19.6. The van der Waals surface area contributed by atoms with E-state index in [1.54, 1.807) is 13.3 Å². The highest BCUT2D eigenvalue weighted by atomic mass is 16.5. The number of aromatic nitrogens is 3. The smallest absolute Gasteiger partial charge is 0.150 e. The van der Waals surface area contributed by atoms with Crippen LogP contribution in [-0.4, -0.2) is 54.9 Å². The molecule has 1 aliphatic rings. The molecule has 1 fully saturated rings. The number of pyridine rings is 1. The van der Waals surface area contributed by atoms with Gasteiger partial charge in [0.1, 0.15) is 23.2 Å². The second-order valence-electron chi connectivity index (χ2n) is 8.36. The van der Waals surface area contributed by atoms with Crippen molar-refractivity contribution in [1.82, 2.24) is 20.3 Å². The molecule has 5 N–H and O–H groups in total. The van der Waals surface area contributed by atoms with Gasteiger partial charge in [-0.1, -0.05) is 12.1 Å². The predicted molar refractivity (Wildman–Crippen MR) is 135 cm³/mol. The van der Waals surface area contributed by atoms with Gasteiger partial charge in [0.25, 0.3) is 0 Å². The molecule has 34 heavy (non-hydrogen) atoms. The zero-order chi connectivity index (χ0) is 23.6. The number of anilines is 4. The van der Waals surface area contributed by atoms with Crippen LogP contribution in [0.3, 0.4) is 0 Å². The van der Waals surface area contributed by atoms with Crippen LogP contribution in [0.1, 0.15) is 19.3 Å². The average molecular weight is 464 g/mol. The SMILES string of the molecule is COCCCOc1ccc(-c2cnc(Nc3cnc(N)cn3)cc2NCC2CCNCC2)cc1. The lowest BCUT2D eigenvalue weighted by Gasteiger charge is -2.24. The number of piperidine rings is 1. The van der Waals surface area contributed by atoms with E-state index in [9.17, 15) is 0 Å². The first kappa shape index (κ1) is 23.7. The van der Waals surface area contributed by atoms with Gasteiger partial charge in [-0.05, 0) is 49.5 Å². The largest absolute Gasteiger partial charge is 0.494 e. The number of nitrogens with one attached hydrogen (secondary N) is 3. The Kier molecular flexibility index (Phi) is 8.48. The lowest BCUT2D eigenvalue weighted by atomic mass is 9.97. The summed E-state index contributed by atoms with van der Waals surface area (Å²) in [7, 11) is 1.70. The molecule has 0 radical (unpaired) electrons. The van der Waals surface area contributed by atoms with Crippen molar-refractivity contribution in [2.24, 2.45) is 5.92 Å². The number of rotatable bonds is 11. The van der Waals surface area contributed by atoms with Crippen LogP contribution in [0.2, 0.25) is 0 Å². The normalized spacial score (nSPS) is 14.0. The Morgan fingerprint density at radius 1 is 1.00 bits per heavy atom. The van der Waals surface area contributed by atoms with E-state index in [2.05, 4.69) is 43.0 Å². The summed E-state index contributed by atoms with van der Waals surface area (Å²) in [5.74, 6) is 3.15. The van der Waals surface area contributed by atoms with Gasteiger partial charge in [0, 0.05) is 50.2 Å². The van der Waals surface area contributed by atoms with Gasteiger partial charge in [0.15, 0.2) is 0 Å². The highest BCUT2D eigenvalue weighted by molar-refractivity contribution is 5.80. The first-order chi connectivity index (χ1) is 16.7. The molecule has 9 nitrogen and oxygen atoms in total. The highest BCUT2D eigenvalue weighted by Gasteiger charge is 2.15. The summed E-state index contributed by atoms with van der Waals surface area (Å²) in [4.78, 5) is 13.0. The molecule has 0 atom stereocenters. The second-order valence-corrected chi connectivity index (χ2v) is 8.36. The highest BCUT2D eigenvalue weighted by Crippen LogP contribution is 2.32. The van der Waals surface area contributed by atoms with Gasteiger partial charge in [0.05, 0.1) is 19.0 Å². The molecule has 9 heteroatoms. The summed E-state index contributed by atoms with van der Waals surface area (Å²) in [6.45, 7) is 4.39. The molecule has 0 saturated carbocycles. The van der Waals surface area contributed by atoms with Crippen LogP contribution in [0.5, 0.6) is 5.75 Å². The number of ether oxygens (including phenoxy) is 2. The van der Waals surface area contributed by atoms with Crippen LogP contribution in [0.15, 0.2) is 48.9 Å². The van der Waals surface area contributed by atoms with Crippen molar-refractivity contribution in [3.63, 3.8) is 0 Å². The molecular formula is C25H33N7O2. The molecule has 0 bridgehead atoms. The van der Waals surface area contributed by atoms with Crippen molar-refractivity contribution >= 4 is 23.1 Å². The van der Waals surface area contributed by atoms with Crippen molar-refractivity contribution in [3.8, 4) is 16.9 Å². The lowest BCUT2D eigenvalue weighted by molar-refractivity contribution is 0.172. The van der Waals surface area contributed by atoms with Gasteiger partial charge in [-0.3, -0.25) is 0 Å². The molecule has 1 aromatic carbocycles. The van der Waals surface area contributed by atoms with E-state index in [4.69, 9.17) is 15.2 Å². The van der Waals surface area contributed by atoms with Crippen LogP contribution < -0.4 is 26.4 Å². The van der Waals surface area contributed by atoms with Crippen molar-refractivity contribution in [1.29, 1.82) is 0 Å². The summed E-state index contributed by atoms with van der Waals surface area (Å²) >= 11 is 0. The third-order valence-electron chi connectivity index (χ3n) is 5.80. The van der Waals surface area contributed by atoms with Gasteiger partial charge in [-0.25, -0.2) is 15.0 Å². The number of methoxy groups -OCH3 is 1. The van der Waals surface area contributed by atoms with Crippen LogP contribution in [-0.2, 0) is 4.74 Å². The number of hydrogen-bond donors (Lipinski definition) is 4. The Balaban J connectivity index is 1.51. The van der Waals surface area contributed by atoms with Crippen LogP contribution >= 0.6 is 0 Å². The Bertz CT molecular complexity index is 1020. The van der Waals surface area contributed by atoms with Crippen LogP contribution in [0, 0.1) is 5.92 Å². The predicted octanol–water partition coefficient (Wildman–Crippen LogP) is 3.69. The van der Waals surface area contributed by atoms with Gasteiger partial charge in [-0.2, -0.15) is 0 Å². The number of nitrogens with zero attached hydrogens (tertiary/aromatic N) is 3. The quantitative estimate of drug-likeness (QED) is 0.316. The molecule has 3 heterocycles. The third-order valence-corrected chi connectivity index (χ3v) is 5.80. The summed E-state index contributed by atoms with van der Waals surface area (Å²) in [5.41, 5.74) is 8.77. The summed E-state index contributed by atoms with van der Waals surface area (Å²) < 4.78 is 10.9. The minimum atomic E-state index is 0.379. The molecule has 4 rings (SSSR count). The standard InChI is InChI=1S/C25H33N7O2/c1-33-11-2-12-34-20-5-3-19(4-6-20)21-15-30-24(32-25-17-29-23(26)16-31-25)13-22(21)28-14-18-7-9-27-10-8-18/h3-6,13,15-18,27H,2,7-12,14H2,1H3,(H2,26,29)(H2,28,30,31,32). The average Bonchev–Trinajstić information content (AvgIpc) is 2.88. The third kappa shape index (κ3) is 6.79. The van der Waals surface area contributed by atoms with Crippen molar-refractivity contribution in [2.45, 2.75) is 19.3 Å². The Labute approximate surface area is 200 Å². The van der Waals surface area contributed by atoms with E-state index >= 15 is 0 Å². The molecular weight excluding hydrogens is 430 g/mol. The molecule has 2 aromatic heterocycles. The summed E-state index contributed by atoms with van der Waals surface area (Å²) in [5, 5.41) is 10.3. The monoisotopic (exact) mass is 463 g/mol. The molecule has 0 spiro atoms. The first-order valence-corrected chi connectivity index (χ1v) is 11.7. The molecule has 0 aliphatic carbocycles. The number of nitrogen functional groups attached to an aromatic ring is 1. The first-order valence-electron chi connectivity index (χ1n) is 11.7. The topological polar surface area (TPSA) is 119 Å². The number of nitrogens with two attached hydrogens (primary N) is 1. The lowest BCUT2D eigenvalue weighted by Crippen LogP contribution is -2.31. The van der Waals surface area contributed by atoms with Gasteiger partial charge in [-0.15, -0.1) is 0 Å². The minimum Gasteiger partial charge on any atom is -0.494 e. The van der Waals surface area contributed by atoms with Gasteiger partial charge < -0.3 is 31.2 Å². The minimum absolute atomic E-state index is 0.379. The van der Waals surface area contributed by atoms with Crippen LogP contribution in [0.25, 0.3) is 11.1 Å². The summed E-state index contributed by atoms with van der Waals surface area (Å²) in [6, 6.07) is 10.1. The van der Waals surface area contributed by atoms with E-state index in [-0.39, 0.29) is 0 Å². The molecule has 3 aromatic rings. The van der Waals surface area contributed by atoms with E-state index < -0.39 is 0 Å². The van der Waals surface area contributed by atoms with Crippen molar-refractivity contribution < 1.29 is 9.47 Å². The maximum Gasteiger partial charge on any atom is 0.150 e. The fraction of sp³-hybridized carbons (Fsp3) is 0.400. The fourth-order valence-electron chi connectivity index (χ4n) is 3.90. The number of benzene rings is 1. The maximum absolute atomic E-state index is 5.80. The Morgan fingerprint density at radius 3 is 2.53 bits per heavy atom. The van der Waals surface area contributed by atoms with Gasteiger partial charge in [0.2, 0.25) is 0 Å². The van der Waals surface area contributed by atoms with Gasteiger partial charge >= 0.3 is 0 Å². The molecule has 0 amide bonds. The van der Waals surface area contributed by atoms with E-state index in [0.29, 0.717) is 36.6 Å². The van der Waals surface area contributed by atoms with E-state index in [0.717, 1.165) is 48.6 Å². The fourth-order valence-corrected chi connectivity index (χ4v) is 3.90. The number of hydrogen-bond acceptors (Lipinski definition) is 9. The molecule has 1 saturated heterocycles. The van der Waals surface area contributed by atoms with Crippen molar-refractivity contribution in [2.75, 3.05) is 56.3 Å². The zero-order valence-electron chi connectivity index (χ0n) is 19.6. The second kappa shape index (κ2) is 12.2. The molecule has 180 valence electrons. The van der Waals surface area contributed by atoms with Crippen LogP contribution in [0.4, 0.5) is 23.1 Å². The van der Waals surface area contributed by atoms with Crippen molar-refractivity contribution in [3.05, 3.63) is 48.9 Å². The Morgan fingerprint density at radius 2 is 1.79 bits per heavy atom. The summed E-state index contributed by atoms with van der Waals surface area (Å²) in [6.07, 6.45) is 8.21. The molecule has 0 unspecified atom stereocenters. The maximum atomic E-state index is 5.80. The van der Waals surface area contributed by atoms with E-state index in [1.165, 1.54) is 19.0 Å². The van der Waals surface area contributed by atoms with E-state index in [1.807, 2.05) is 24.4 Å². The molecule has 1 aliphatic heterocycles.